The van der Waals surface area contributed by atoms with Gasteiger partial charge in [-0.3, -0.25) is 0 Å². The summed E-state index contributed by atoms with van der Waals surface area (Å²) in [6.07, 6.45) is 1.82. The van der Waals surface area contributed by atoms with Crippen LogP contribution in [-0.4, -0.2) is 38.0 Å². The smallest absolute Gasteiger partial charge is 0.179 e. The third-order valence-corrected chi connectivity index (χ3v) is 5.34. The maximum absolute atomic E-state index is 11.9. The van der Waals surface area contributed by atoms with E-state index in [9.17, 15) is 18.6 Å². The molecule has 2 aromatic rings. The molecule has 23 heavy (non-hydrogen) atoms. The average molecular weight is 333 g/mol. The minimum Gasteiger partial charge on any atom is -0.508 e. The van der Waals surface area contributed by atoms with Crippen LogP contribution in [0, 0.1) is 0 Å². The SMILES string of the molecule is CS(=O)(=O)c1cc2c(cc1O)CCNCC2c1ccc(O)cc1. The lowest BCUT2D eigenvalue weighted by molar-refractivity contribution is 0.457. The Balaban J connectivity index is 2.17. The molecule has 1 unspecified atom stereocenters. The van der Waals surface area contributed by atoms with Gasteiger partial charge in [-0.15, -0.1) is 0 Å². The summed E-state index contributed by atoms with van der Waals surface area (Å²) in [5.74, 6) is -0.0371. The maximum atomic E-state index is 11.9. The molecule has 1 atom stereocenters. The monoisotopic (exact) mass is 333 g/mol. The van der Waals surface area contributed by atoms with E-state index in [-0.39, 0.29) is 22.3 Å². The minimum absolute atomic E-state index is 0.0331. The van der Waals surface area contributed by atoms with Crippen molar-refractivity contribution < 1.29 is 18.6 Å². The Morgan fingerprint density at radius 3 is 2.48 bits per heavy atom. The van der Waals surface area contributed by atoms with Crippen molar-refractivity contribution in [3.05, 3.63) is 53.1 Å². The summed E-state index contributed by atoms with van der Waals surface area (Å²) in [5, 5.41) is 22.9. The highest BCUT2D eigenvalue weighted by Gasteiger charge is 2.24. The molecule has 5 nitrogen and oxygen atoms in total. The largest absolute Gasteiger partial charge is 0.508 e. The van der Waals surface area contributed by atoms with E-state index in [0.29, 0.717) is 6.54 Å². The van der Waals surface area contributed by atoms with Crippen molar-refractivity contribution in [1.82, 2.24) is 5.32 Å². The number of hydrogen-bond donors (Lipinski definition) is 3. The van der Waals surface area contributed by atoms with E-state index in [0.717, 1.165) is 35.9 Å². The lowest BCUT2D eigenvalue weighted by atomic mass is 9.88. The zero-order valence-corrected chi connectivity index (χ0v) is 13.6. The van der Waals surface area contributed by atoms with E-state index in [2.05, 4.69) is 5.32 Å². The third-order valence-electron chi connectivity index (χ3n) is 4.21. The standard InChI is InChI=1S/C17H19NO4S/c1-23(21,22)17-9-14-12(8-16(17)20)6-7-18-10-15(14)11-2-4-13(19)5-3-11/h2-5,8-9,15,18-20H,6-7,10H2,1H3. The molecule has 0 fully saturated rings. The molecule has 1 aliphatic rings. The molecule has 3 rings (SSSR count). The Bertz CT molecular complexity index is 828. The van der Waals surface area contributed by atoms with Gasteiger partial charge in [-0.1, -0.05) is 12.1 Å². The van der Waals surface area contributed by atoms with Crippen molar-refractivity contribution in [3.63, 3.8) is 0 Å². The summed E-state index contributed by atoms with van der Waals surface area (Å²) in [7, 11) is -3.50. The van der Waals surface area contributed by atoms with Gasteiger partial charge in [0.25, 0.3) is 0 Å². The number of benzene rings is 2. The molecular weight excluding hydrogens is 314 g/mol. The minimum atomic E-state index is -3.50. The van der Waals surface area contributed by atoms with Crippen molar-refractivity contribution >= 4 is 9.84 Å². The van der Waals surface area contributed by atoms with E-state index < -0.39 is 9.84 Å². The van der Waals surface area contributed by atoms with Crippen LogP contribution in [0.2, 0.25) is 0 Å². The van der Waals surface area contributed by atoms with Gasteiger partial charge in [0.15, 0.2) is 9.84 Å². The van der Waals surface area contributed by atoms with Gasteiger partial charge in [0.2, 0.25) is 0 Å². The van der Waals surface area contributed by atoms with Gasteiger partial charge in [-0.2, -0.15) is 0 Å². The number of aromatic hydroxyl groups is 2. The summed E-state index contributed by atoms with van der Waals surface area (Å²) in [6, 6.07) is 10.1. The van der Waals surface area contributed by atoms with E-state index >= 15 is 0 Å². The number of phenolic OH excluding ortho intramolecular Hbond substituents is 2. The lowest BCUT2D eigenvalue weighted by Crippen LogP contribution is -2.20. The predicted octanol–water partition coefficient (Wildman–Crippen LogP) is 1.78. The van der Waals surface area contributed by atoms with E-state index in [4.69, 9.17) is 0 Å². The van der Waals surface area contributed by atoms with Gasteiger partial charge < -0.3 is 15.5 Å². The predicted molar refractivity (Wildman–Crippen MR) is 87.7 cm³/mol. The third kappa shape index (κ3) is 3.18. The van der Waals surface area contributed by atoms with Crippen LogP contribution >= 0.6 is 0 Å². The first-order valence-electron chi connectivity index (χ1n) is 7.42. The Labute approximate surface area is 135 Å². The van der Waals surface area contributed by atoms with Crippen LogP contribution in [0.3, 0.4) is 0 Å². The van der Waals surface area contributed by atoms with Gasteiger partial charge in [-0.25, -0.2) is 8.42 Å². The Kier molecular flexibility index (Phi) is 4.04. The molecule has 0 saturated carbocycles. The fourth-order valence-corrected chi connectivity index (χ4v) is 3.83. The molecule has 0 saturated heterocycles. The second-order valence-corrected chi connectivity index (χ2v) is 7.87. The fourth-order valence-electron chi connectivity index (χ4n) is 3.05. The highest BCUT2D eigenvalue weighted by molar-refractivity contribution is 7.90. The normalized spacial score (nSPS) is 18.2. The van der Waals surface area contributed by atoms with Crippen LogP contribution in [0.1, 0.15) is 22.6 Å². The fraction of sp³-hybridized carbons (Fsp3) is 0.294. The highest BCUT2D eigenvalue weighted by atomic mass is 32.2. The number of phenols is 2. The number of rotatable bonds is 2. The second-order valence-electron chi connectivity index (χ2n) is 5.89. The molecule has 2 aromatic carbocycles. The molecule has 0 amide bonds. The number of nitrogens with one attached hydrogen (secondary N) is 1. The number of sulfone groups is 1. The first-order valence-corrected chi connectivity index (χ1v) is 9.31. The van der Waals surface area contributed by atoms with Gasteiger partial charge in [0.1, 0.15) is 16.4 Å². The zero-order valence-electron chi connectivity index (χ0n) is 12.8. The Morgan fingerprint density at radius 1 is 1.13 bits per heavy atom. The molecule has 122 valence electrons. The summed E-state index contributed by atoms with van der Waals surface area (Å²) in [6.45, 7) is 1.44. The molecule has 6 heteroatoms. The molecule has 0 aliphatic carbocycles. The van der Waals surface area contributed by atoms with Crippen molar-refractivity contribution in [3.8, 4) is 11.5 Å². The Morgan fingerprint density at radius 2 is 1.83 bits per heavy atom. The molecule has 3 N–H and O–H groups in total. The van der Waals surface area contributed by atoms with Crippen LogP contribution in [0.5, 0.6) is 11.5 Å². The van der Waals surface area contributed by atoms with Crippen LogP contribution < -0.4 is 5.32 Å². The number of hydrogen-bond acceptors (Lipinski definition) is 5. The van der Waals surface area contributed by atoms with E-state index in [1.165, 1.54) is 0 Å². The quantitative estimate of drug-likeness (QED) is 0.780. The zero-order chi connectivity index (χ0) is 16.6. The van der Waals surface area contributed by atoms with Crippen molar-refractivity contribution in [2.75, 3.05) is 19.3 Å². The van der Waals surface area contributed by atoms with Crippen LogP contribution in [0.25, 0.3) is 0 Å². The molecule has 0 aromatic heterocycles. The van der Waals surface area contributed by atoms with Crippen LogP contribution in [0.15, 0.2) is 41.3 Å². The summed E-state index contributed by atoms with van der Waals surface area (Å²) in [5.41, 5.74) is 2.83. The summed E-state index contributed by atoms with van der Waals surface area (Å²) in [4.78, 5) is -0.0399. The van der Waals surface area contributed by atoms with Crippen molar-refractivity contribution in [2.24, 2.45) is 0 Å². The molecule has 0 bridgehead atoms. The molecule has 1 aliphatic heterocycles. The van der Waals surface area contributed by atoms with Crippen molar-refractivity contribution in [2.45, 2.75) is 17.2 Å². The maximum Gasteiger partial charge on any atom is 0.179 e. The molecule has 1 heterocycles. The van der Waals surface area contributed by atoms with Crippen LogP contribution in [-0.2, 0) is 16.3 Å². The second kappa shape index (κ2) is 5.86. The Hall–Kier alpha value is -2.05. The van der Waals surface area contributed by atoms with E-state index in [1.54, 1.807) is 24.3 Å². The number of fused-ring (bicyclic) bond motifs is 1. The first kappa shape index (κ1) is 15.8. The topological polar surface area (TPSA) is 86.6 Å². The van der Waals surface area contributed by atoms with Gasteiger partial charge >= 0.3 is 0 Å². The van der Waals surface area contributed by atoms with Gasteiger partial charge in [-0.05, 0) is 53.9 Å². The average Bonchev–Trinajstić information content (AvgIpc) is 2.68. The van der Waals surface area contributed by atoms with Crippen molar-refractivity contribution in [1.29, 1.82) is 0 Å². The summed E-state index contributed by atoms with van der Waals surface area (Å²) < 4.78 is 23.8. The molecular formula is C17H19NO4S. The van der Waals surface area contributed by atoms with Gasteiger partial charge in [0.05, 0.1) is 0 Å². The lowest BCUT2D eigenvalue weighted by Gasteiger charge is -2.19. The molecule has 0 radical (unpaired) electrons. The highest BCUT2D eigenvalue weighted by Crippen LogP contribution is 2.35. The van der Waals surface area contributed by atoms with E-state index in [1.807, 2.05) is 12.1 Å². The van der Waals surface area contributed by atoms with Gasteiger partial charge in [0, 0.05) is 18.7 Å². The first-order chi connectivity index (χ1) is 10.9. The van der Waals surface area contributed by atoms with Crippen LogP contribution in [0.4, 0.5) is 0 Å². The summed E-state index contributed by atoms with van der Waals surface area (Å²) >= 11 is 0. The molecule has 0 spiro atoms.